The van der Waals surface area contributed by atoms with E-state index in [0.717, 1.165) is 26.1 Å². The highest BCUT2D eigenvalue weighted by Crippen LogP contribution is 2.38. The lowest BCUT2D eigenvalue weighted by molar-refractivity contribution is -0.140. The highest BCUT2D eigenvalue weighted by atomic mass is 16.5. The van der Waals surface area contributed by atoms with Crippen molar-refractivity contribution in [3.63, 3.8) is 0 Å². The summed E-state index contributed by atoms with van der Waals surface area (Å²) in [4.78, 5) is 34.2. The molecule has 0 spiro atoms. The van der Waals surface area contributed by atoms with E-state index in [1.807, 2.05) is 13.0 Å². The molecule has 2 aromatic rings. The third kappa shape index (κ3) is 4.99. The summed E-state index contributed by atoms with van der Waals surface area (Å²) in [5.74, 6) is -0.821. The number of ketones is 1. The van der Waals surface area contributed by atoms with Crippen LogP contribution in [-0.2, 0) is 9.59 Å². The molecule has 1 fully saturated rings. The number of nitrogens with zero attached hydrogens (tertiary/aromatic N) is 3. The summed E-state index contributed by atoms with van der Waals surface area (Å²) in [7, 11) is 0. The van der Waals surface area contributed by atoms with E-state index in [2.05, 4.69) is 23.7 Å². The first-order chi connectivity index (χ1) is 15.5. The van der Waals surface area contributed by atoms with Crippen LogP contribution < -0.4 is 4.74 Å². The van der Waals surface area contributed by atoms with Crippen LogP contribution in [0, 0.1) is 0 Å². The zero-order chi connectivity index (χ0) is 23.1. The van der Waals surface area contributed by atoms with Crippen LogP contribution in [0.4, 0.5) is 0 Å². The Balaban J connectivity index is 1.97. The molecule has 1 aromatic heterocycles. The van der Waals surface area contributed by atoms with Gasteiger partial charge in [0.05, 0.1) is 17.9 Å². The van der Waals surface area contributed by atoms with Gasteiger partial charge in [0.1, 0.15) is 17.6 Å². The molecule has 1 aromatic carbocycles. The van der Waals surface area contributed by atoms with Gasteiger partial charge < -0.3 is 19.6 Å². The van der Waals surface area contributed by atoms with Crippen LogP contribution in [0.1, 0.15) is 44.5 Å². The Hall–Kier alpha value is -3.19. The van der Waals surface area contributed by atoms with Crippen LogP contribution in [0.2, 0.25) is 0 Å². The van der Waals surface area contributed by atoms with Crippen molar-refractivity contribution >= 4 is 17.4 Å². The molecule has 0 aliphatic carbocycles. The molecule has 1 unspecified atom stereocenters. The van der Waals surface area contributed by atoms with E-state index < -0.39 is 17.7 Å². The van der Waals surface area contributed by atoms with Crippen LogP contribution >= 0.6 is 0 Å². The second-order valence-electron chi connectivity index (χ2n) is 7.58. The van der Waals surface area contributed by atoms with Gasteiger partial charge in [-0.15, -0.1) is 0 Å². The quantitative estimate of drug-likeness (QED) is 0.347. The van der Waals surface area contributed by atoms with Crippen LogP contribution in [0.5, 0.6) is 5.75 Å². The Morgan fingerprint density at radius 1 is 1.09 bits per heavy atom. The van der Waals surface area contributed by atoms with Crippen LogP contribution in [0.25, 0.3) is 5.76 Å². The van der Waals surface area contributed by atoms with E-state index in [1.54, 1.807) is 42.6 Å². The number of rotatable bonds is 10. The molecule has 32 heavy (non-hydrogen) atoms. The van der Waals surface area contributed by atoms with Gasteiger partial charge in [0, 0.05) is 18.3 Å². The van der Waals surface area contributed by atoms with Crippen molar-refractivity contribution in [2.24, 2.45) is 0 Å². The molecule has 7 heteroatoms. The molecule has 170 valence electrons. The van der Waals surface area contributed by atoms with Crippen molar-refractivity contribution in [3.8, 4) is 5.75 Å². The number of Topliss-reactive ketones (excluding diaryl/α,β-unsaturated/α-hetero) is 1. The van der Waals surface area contributed by atoms with Crippen molar-refractivity contribution < 1.29 is 19.4 Å². The molecule has 1 amide bonds. The summed E-state index contributed by atoms with van der Waals surface area (Å²) in [5.41, 5.74) is 1.08. The van der Waals surface area contributed by atoms with Gasteiger partial charge in [0.25, 0.3) is 11.7 Å². The maximum Gasteiger partial charge on any atom is 0.295 e. The Morgan fingerprint density at radius 3 is 2.41 bits per heavy atom. The van der Waals surface area contributed by atoms with Gasteiger partial charge in [0.15, 0.2) is 0 Å². The number of hydrogen-bond donors (Lipinski definition) is 1. The standard InChI is InChI=1S/C25H31N3O4/c1-4-27(5-2)16-9-17-28-22(20-10-7-8-15-26-20)21(24(30)25(28)31)23(29)18-11-13-19(14-12-18)32-6-3/h7-8,10-15,22,29H,4-6,9,16-17H2,1-3H3. The molecule has 1 aliphatic rings. The van der Waals surface area contributed by atoms with Gasteiger partial charge in [0.2, 0.25) is 0 Å². The van der Waals surface area contributed by atoms with Crippen LogP contribution in [0.3, 0.4) is 0 Å². The van der Waals surface area contributed by atoms with Gasteiger partial charge in [-0.2, -0.15) is 0 Å². The summed E-state index contributed by atoms with van der Waals surface area (Å²) in [6, 6.07) is 11.5. The van der Waals surface area contributed by atoms with Crippen LogP contribution in [-0.4, -0.2) is 64.4 Å². The maximum atomic E-state index is 13.0. The fraction of sp³-hybridized carbons (Fsp3) is 0.400. The van der Waals surface area contributed by atoms with Crippen molar-refractivity contribution in [2.75, 3.05) is 32.8 Å². The summed E-state index contributed by atoms with van der Waals surface area (Å²) in [6.45, 7) is 9.70. The topological polar surface area (TPSA) is 83.0 Å². The monoisotopic (exact) mass is 437 g/mol. The minimum absolute atomic E-state index is 0.0701. The molecular formula is C25H31N3O4. The smallest absolute Gasteiger partial charge is 0.295 e. The van der Waals surface area contributed by atoms with Crippen molar-refractivity contribution in [1.29, 1.82) is 0 Å². The first-order valence-electron chi connectivity index (χ1n) is 11.2. The number of aliphatic hydroxyl groups is 1. The molecule has 1 N–H and O–H groups in total. The molecular weight excluding hydrogens is 406 g/mol. The molecule has 0 bridgehead atoms. The van der Waals surface area contributed by atoms with Gasteiger partial charge in [-0.3, -0.25) is 14.6 Å². The second-order valence-corrected chi connectivity index (χ2v) is 7.58. The predicted molar refractivity (Wildman–Crippen MR) is 123 cm³/mol. The lowest BCUT2D eigenvalue weighted by atomic mass is 9.98. The van der Waals surface area contributed by atoms with Gasteiger partial charge in [-0.1, -0.05) is 19.9 Å². The summed E-state index contributed by atoms with van der Waals surface area (Å²) in [5, 5.41) is 11.1. The van der Waals surface area contributed by atoms with Gasteiger partial charge in [-0.05, 0) is 69.4 Å². The highest BCUT2D eigenvalue weighted by Gasteiger charge is 2.46. The van der Waals surface area contributed by atoms with E-state index >= 15 is 0 Å². The van der Waals surface area contributed by atoms with Crippen molar-refractivity contribution in [3.05, 3.63) is 65.5 Å². The first-order valence-corrected chi connectivity index (χ1v) is 11.2. The second kappa shape index (κ2) is 10.9. The van der Waals surface area contributed by atoms with Crippen molar-refractivity contribution in [2.45, 2.75) is 33.2 Å². The van der Waals surface area contributed by atoms with E-state index in [-0.39, 0.29) is 11.3 Å². The maximum absolute atomic E-state index is 13.0. The number of pyridine rings is 1. The molecule has 2 heterocycles. The summed E-state index contributed by atoms with van der Waals surface area (Å²) >= 11 is 0. The third-order valence-corrected chi connectivity index (χ3v) is 5.71. The average molecular weight is 438 g/mol. The Bertz CT molecular complexity index is 953. The van der Waals surface area contributed by atoms with E-state index in [4.69, 9.17) is 4.74 Å². The molecule has 0 saturated carbocycles. The summed E-state index contributed by atoms with van der Waals surface area (Å²) < 4.78 is 5.45. The number of aromatic nitrogens is 1. The lowest BCUT2D eigenvalue weighted by Gasteiger charge is -2.26. The minimum Gasteiger partial charge on any atom is -0.507 e. The number of amides is 1. The fourth-order valence-corrected chi connectivity index (χ4v) is 3.99. The van der Waals surface area contributed by atoms with E-state index in [1.165, 1.54) is 4.90 Å². The number of likely N-dealkylation sites (tertiary alicyclic amines) is 1. The zero-order valence-corrected chi connectivity index (χ0v) is 19.0. The third-order valence-electron chi connectivity index (χ3n) is 5.71. The average Bonchev–Trinajstić information content (AvgIpc) is 3.07. The molecule has 0 radical (unpaired) electrons. The molecule has 1 aliphatic heterocycles. The van der Waals surface area contributed by atoms with E-state index in [9.17, 15) is 14.7 Å². The number of ether oxygens (including phenoxy) is 1. The molecule has 1 saturated heterocycles. The van der Waals surface area contributed by atoms with Crippen molar-refractivity contribution in [1.82, 2.24) is 14.8 Å². The van der Waals surface area contributed by atoms with E-state index in [0.29, 0.717) is 30.2 Å². The number of benzene rings is 1. The number of hydrogen-bond acceptors (Lipinski definition) is 6. The lowest BCUT2D eigenvalue weighted by Crippen LogP contribution is -2.33. The molecule has 1 atom stereocenters. The SMILES string of the molecule is CCOc1ccc(C(O)=C2C(=O)C(=O)N(CCCN(CC)CC)C2c2ccccn2)cc1. The Morgan fingerprint density at radius 2 is 1.81 bits per heavy atom. The Labute approximate surface area is 189 Å². The summed E-state index contributed by atoms with van der Waals surface area (Å²) in [6.07, 6.45) is 2.35. The fourth-order valence-electron chi connectivity index (χ4n) is 3.99. The predicted octanol–water partition coefficient (Wildman–Crippen LogP) is 3.63. The Kier molecular flexibility index (Phi) is 8.00. The first kappa shape index (κ1) is 23.5. The normalized spacial score (nSPS) is 17.9. The number of aliphatic hydroxyl groups excluding tert-OH is 1. The highest BCUT2D eigenvalue weighted by molar-refractivity contribution is 6.46. The molecule has 7 nitrogen and oxygen atoms in total. The van der Waals surface area contributed by atoms with Gasteiger partial charge >= 0.3 is 0 Å². The zero-order valence-electron chi connectivity index (χ0n) is 19.0. The molecule has 3 rings (SSSR count). The largest absolute Gasteiger partial charge is 0.507 e. The number of carbonyl (C=O) groups excluding carboxylic acids is 2. The minimum atomic E-state index is -0.723. The number of carbonyl (C=O) groups is 2. The van der Waals surface area contributed by atoms with Crippen LogP contribution in [0.15, 0.2) is 54.2 Å². The van der Waals surface area contributed by atoms with Gasteiger partial charge in [-0.25, -0.2) is 0 Å².